The van der Waals surface area contributed by atoms with Gasteiger partial charge in [-0.05, 0) is 48.4 Å². The van der Waals surface area contributed by atoms with Crippen LogP contribution in [0.4, 0.5) is 15.8 Å². The maximum Gasteiger partial charge on any atom is 0.337 e. The third-order valence-corrected chi connectivity index (χ3v) is 7.77. The van der Waals surface area contributed by atoms with Crippen LogP contribution in [0.5, 0.6) is 0 Å². The fraction of sp³-hybridized carbons (Fsp3) is 0.0909. The molecular weight excluding hydrogens is 539 g/mol. The Morgan fingerprint density at radius 1 is 1.09 bits per heavy atom. The van der Waals surface area contributed by atoms with Crippen molar-refractivity contribution in [3.05, 3.63) is 86.6 Å². The number of carbonyl (C=O) groups excluding carboxylic acids is 1. The van der Waals surface area contributed by atoms with Gasteiger partial charge in [0.05, 0.1) is 27.5 Å². The number of carbonyl (C=O) groups is 2. The maximum absolute atomic E-state index is 14.8. The van der Waals surface area contributed by atoms with Crippen LogP contribution in [0.3, 0.4) is 0 Å². The lowest BCUT2D eigenvalue weighted by Crippen LogP contribution is -2.30. The maximum atomic E-state index is 14.8. The number of nitrogens with zero attached hydrogens (tertiary/aromatic N) is 1. The Balaban J connectivity index is 1.73. The van der Waals surface area contributed by atoms with Crippen molar-refractivity contribution in [1.82, 2.24) is 0 Å². The molecule has 3 aromatic carbocycles. The van der Waals surface area contributed by atoms with Crippen LogP contribution >= 0.6 is 27.5 Å². The van der Waals surface area contributed by atoms with Gasteiger partial charge in [0.2, 0.25) is 0 Å². The largest absolute Gasteiger partial charge is 0.478 e. The van der Waals surface area contributed by atoms with E-state index in [0.717, 1.165) is 22.0 Å². The zero-order chi connectivity index (χ0) is 23.9. The number of anilines is 2. The first-order valence-electron chi connectivity index (χ1n) is 9.53. The molecule has 0 radical (unpaired) electrons. The van der Waals surface area contributed by atoms with Crippen LogP contribution < -0.4 is 9.62 Å². The van der Waals surface area contributed by atoms with Crippen LogP contribution in [-0.2, 0) is 16.4 Å². The Kier molecular flexibility index (Phi) is 6.17. The summed E-state index contributed by atoms with van der Waals surface area (Å²) >= 11 is 9.21. The van der Waals surface area contributed by atoms with Crippen LogP contribution in [0.15, 0.2) is 64.0 Å². The van der Waals surface area contributed by atoms with Gasteiger partial charge in [0.15, 0.2) is 0 Å². The second-order valence-electron chi connectivity index (χ2n) is 7.17. The molecule has 33 heavy (non-hydrogen) atoms. The summed E-state index contributed by atoms with van der Waals surface area (Å²) in [4.78, 5) is 23.7. The van der Waals surface area contributed by atoms with Gasteiger partial charge in [0.25, 0.3) is 15.9 Å². The fourth-order valence-electron chi connectivity index (χ4n) is 3.57. The average Bonchev–Trinajstić information content (AvgIpc) is 3.19. The lowest BCUT2D eigenvalue weighted by Gasteiger charge is -2.20. The van der Waals surface area contributed by atoms with Crippen LogP contribution in [0.25, 0.3) is 0 Å². The molecule has 0 aliphatic carbocycles. The number of hydrogen-bond donors (Lipinski definition) is 2. The number of fused-ring (bicyclic) bond motifs is 1. The SMILES string of the molecule is O=C(Nc1ccc(Br)cc1C(=O)O)c1cc(S(=O)(=O)N2CCc3ccccc32)c(F)cc1Cl. The van der Waals surface area contributed by atoms with Gasteiger partial charge in [-0.15, -0.1) is 0 Å². The summed E-state index contributed by atoms with van der Waals surface area (Å²) in [5.41, 5.74) is 0.707. The summed E-state index contributed by atoms with van der Waals surface area (Å²) in [6.45, 7) is 0.131. The van der Waals surface area contributed by atoms with E-state index < -0.39 is 32.6 Å². The van der Waals surface area contributed by atoms with Crippen molar-refractivity contribution in [2.75, 3.05) is 16.2 Å². The van der Waals surface area contributed by atoms with Crippen molar-refractivity contribution in [2.45, 2.75) is 11.3 Å². The number of carboxylic acids is 1. The first-order valence-corrected chi connectivity index (χ1v) is 12.1. The Morgan fingerprint density at radius 2 is 1.82 bits per heavy atom. The number of nitrogens with one attached hydrogen (secondary N) is 1. The topological polar surface area (TPSA) is 104 Å². The van der Waals surface area contributed by atoms with E-state index in [1.807, 2.05) is 0 Å². The van der Waals surface area contributed by atoms with Gasteiger partial charge in [-0.25, -0.2) is 17.6 Å². The van der Waals surface area contributed by atoms with Gasteiger partial charge in [-0.2, -0.15) is 0 Å². The van der Waals surface area contributed by atoms with E-state index in [1.165, 1.54) is 18.2 Å². The van der Waals surface area contributed by atoms with Gasteiger partial charge >= 0.3 is 5.97 Å². The molecule has 0 unspecified atom stereocenters. The summed E-state index contributed by atoms with van der Waals surface area (Å²) < 4.78 is 42.9. The van der Waals surface area contributed by atoms with Crippen LogP contribution in [-0.4, -0.2) is 31.9 Å². The minimum absolute atomic E-state index is 0.0334. The number of sulfonamides is 1. The number of hydrogen-bond acceptors (Lipinski definition) is 4. The zero-order valence-electron chi connectivity index (χ0n) is 16.7. The minimum Gasteiger partial charge on any atom is -0.478 e. The molecule has 0 bridgehead atoms. The summed E-state index contributed by atoms with van der Waals surface area (Å²) in [5, 5.41) is 11.5. The van der Waals surface area contributed by atoms with E-state index in [4.69, 9.17) is 11.6 Å². The molecule has 0 aromatic heterocycles. The highest BCUT2D eigenvalue weighted by Gasteiger charge is 2.34. The molecule has 0 saturated heterocycles. The highest BCUT2D eigenvalue weighted by Crippen LogP contribution is 2.35. The molecular formula is C22H15BrClFN2O5S. The van der Waals surface area contributed by atoms with E-state index in [1.54, 1.807) is 24.3 Å². The lowest BCUT2D eigenvalue weighted by molar-refractivity contribution is 0.0698. The first kappa shape index (κ1) is 23.2. The van der Waals surface area contributed by atoms with Gasteiger partial charge in [0, 0.05) is 11.0 Å². The number of aromatic carboxylic acids is 1. The molecule has 170 valence electrons. The molecule has 1 aliphatic rings. The van der Waals surface area contributed by atoms with Crippen molar-refractivity contribution >= 4 is 60.8 Å². The molecule has 0 spiro atoms. The summed E-state index contributed by atoms with van der Waals surface area (Å²) in [6, 6.07) is 12.7. The molecule has 1 heterocycles. The van der Waals surface area contributed by atoms with Gasteiger partial charge in [-0.1, -0.05) is 45.7 Å². The Morgan fingerprint density at radius 3 is 2.55 bits per heavy atom. The van der Waals surface area contributed by atoms with Gasteiger partial charge < -0.3 is 10.4 Å². The Hall–Kier alpha value is -2.95. The minimum atomic E-state index is -4.34. The smallest absolute Gasteiger partial charge is 0.337 e. The lowest BCUT2D eigenvalue weighted by atomic mass is 10.1. The second-order valence-corrected chi connectivity index (χ2v) is 10.3. The number of carboxylic acid groups (broad SMARTS) is 1. The van der Waals surface area contributed by atoms with E-state index in [0.29, 0.717) is 16.6 Å². The number of para-hydroxylation sites is 1. The van der Waals surface area contributed by atoms with Crippen molar-refractivity contribution in [3.63, 3.8) is 0 Å². The third kappa shape index (κ3) is 4.33. The summed E-state index contributed by atoms with van der Waals surface area (Å²) in [7, 11) is -4.34. The Labute approximate surface area is 202 Å². The monoisotopic (exact) mass is 552 g/mol. The van der Waals surface area contributed by atoms with Crippen molar-refractivity contribution in [2.24, 2.45) is 0 Å². The zero-order valence-corrected chi connectivity index (χ0v) is 19.8. The quantitative estimate of drug-likeness (QED) is 0.466. The molecule has 0 fully saturated rings. The van der Waals surface area contributed by atoms with E-state index in [-0.39, 0.29) is 28.4 Å². The first-order chi connectivity index (χ1) is 15.6. The molecule has 11 heteroatoms. The Bertz CT molecular complexity index is 1410. The van der Waals surface area contributed by atoms with Gasteiger partial charge in [-0.3, -0.25) is 9.10 Å². The standard InChI is InChI=1S/C22H15BrClFN2O5S/c23-13-5-6-18(15(9-13)22(29)30)26-21(28)14-10-20(17(25)11-16(14)24)33(31,32)27-8-7-12-3-1-2-4-19(12)27/h1-6,9-11H,7-8H2,(H,26,28)(H,29,30). The highest BCUT2D eigenvalue weighted by molar-refractivity contribution is 9.10. The van der Waals surface area contributed by atoms with Crippen molar-refractivity contribution in [3.8, 4) is 0 Å². The average molecular weight is 554 g/mol. The fourth-order valence-corrected chi connectivity index (χ4v) is 5.74. The molecule has 4 rings (SSSR count). The van der Waals surface area contributed by atoms with E-state index in [9.17, 15) is 27.5 Å². The normalized spacial score (nSPS) is 13.0. The van der Waals surface area contributed by atoms with Crippen LogP contribution in [0, 0.1) is 5.82 Å². The molecule has 3 aromatic rings. The van der Waals surface area contributed by atoms with Crippen molar-refractivity contribution < 1.29 is 27.5 Å². The van der Waals surface area contributed by atoms with Crippen molar-refractivity contribution in [1.29, 1.82) is 0 Å². The van der Waals surface area contributed by atoms with Crippen LogP contribution in [0.2, 0.25) is 5.02 Å². The molecule has 7 nitrogen and oxygen atoms in total. The molecule has 1 amide bonds. The molecule has 0 saturated carbocycles. The van der Waals surface area contributed by atoms with E-state index >= 15 is 0 Å². The summed E-state index contributed by atoms with van der Waals surface area (Å²) in [6.07, 6.45) is 0.472. The second kappa shape index (κ2) is 8.77. The predicted molar refractivity (Wildman–Crippen MR) is 125 cm³/mol. The molecule has 1 aliphatic heterocycles. The van der Waals surface area contributed by atoms with Gasteiger partial charge in [0.1, 0.15) is 10.7 Å². The number of benzene rings is 3. The predicted octanol–water partition coefficient (Wildman–Crippen LogP) is 4.94. The number of rotatable bonds is 5. The molecule has 0 atom stereocenters. The number of amides is 1. The highest BCUT2D eigenvalue weighted by atomic mass is 79.9. The van der Waals surface area contributed by atoms with Crippen LogP contribution in [0.1, 0.15) is 26.3 Å². The summed E-state index contributed by atoms with van der Waals surface area (Å²) in [5.74, 6) is -3.27. The third-order valence-electron chi connectivity index (χ3n) is 5.14. The van der Waals surface area contributed by atoms with E-state index in [2.05, 4.69) is 21.2 Å². The molecule has 2 N–H and O–H groups in total. The number of halogens is 3.